The van der Waals surface area contributed by atoms with Crippen molar-refractivity contribution < 1.29 is 0 Å². The van der Waals surface area contributed by atoms with Crippen molar-refractivity contribution in [3.05, 3.63) is 33.9 Å². The van der Waals surface area contributed by atoms with Gasteiger partial charge in [0.25, 0.3) is 0 Å². The van der Waals surface area contributed by atoms with Crippen LogP contribution in [0.5, 0.6) is 0 Å². The molecule has 2 aromatic rings. The van der Waals surface area contributed by atoms with E-state index in [4.69, 9.17) is 28.2 Å². The first-order chi connectivity index (χ1) is 8.69. The van der Waals surface area contributed by atoms with E-state index in [0.29, 0.717) is 16.0 Å². The largest absolute Gasteiger partial charge is 0.385 e. The molecule has 3 rings (SSSR count). The molecule has 1 aromatic heterocycles. The van der Waals surface area contributed by atoms with Crippen molar-refractivity contribution >= 4 is 39.8 Å². The molecule has 1 fully saturated rings. The van der Waals surface area contributed by atoms with Gasteiger partial charge in [-0.1, -0.05) is 23.2 Å². The normalized spacial score (nSPS) is 15.1. The lowest BCUT2D eigenvalue weighted by Gasteiger charge is -2.11. The Labute approximate surface area is 116 Å². The number of halogens is 2. The van der Waals surface area contributed by atoms with E-state index >= 15 is 0 Å². The lowest BCUT2D eigenvalue weighted by atomic mass is 10.1. The van der Waals surface area contributed by atoms with E-state index in [1.54, 1.807) is 6.07 Å². The lowest BCUT2D eigenvalue weighted by molar-refractivity contribution is 1.04. The smallest absolute Gasteiger partial charge is 0.0913 e. The van der Waals surface area contributed by atoms with Gasteiger partial charge in [0.15, 0.2) is 0 Å². The highest BCUT2D eigenvalue weighted by molar-refractivity contribution is 6.38. The molecule has 1 heterocycles. The van der Waals surface area contributed by atoms with Gasteiger partial charge in [-0.25, -0.2) is 0 Å². The Hall–Kier alpha value is -0.990. The molecule has 0 aliphatic heterocycles. The average Bonchev–Trinajstić information content (AvgIpc) is 3.14. The van der Waals surface area contributed by atoms with Crippen LogP contribution >= 0.6 is 23.2 Å². The molecule has 0 amide bonds. The van der Waals surface area contributed by atoms with Gasteiger partial charge in [0.05, 0.1) is 10.5 Å². The number of anilines is 1. The van der Waals surface area contributed by atoms with Crippen LogP contribution in [0.1, 0.15) is 31.4 Å². The second-order valence-electron chi connectivity index (χ2n) is 4.68. The summed E-state index contributed by atoms with van der Waals surface area (Å²) in [6.45, 7) is 2.95. The number of rotatable bonds is 3. The first-order valence-electron chi connectivity index (χ1n) is 6.22. The molecule has 18 heavy (non-hydrogen) atoms. The average molecular weight is 281 g/mol. The summed E-state index contributed by atoms with van der Waals surface area (Å²) >= 11 is 12.3. The number of pyridine rings is 1. The summed E-state index contributed by atoms with van der Waals surface area (Å²) in [6, 6.07) is 5.81. The number of nitrogens with one attached hydrogen (secondary N) is 1. The molecule has 0 unspecified atom stereocenters. The molecule has 0 atom stereocenters. The van der Waals surface area contributed by atoms with Crippen molar-refractivity contribution in [3.63, 3.8) is 0 Å². The zero-order valence-corrected chi connectivity index (χ0v) is 11.6. The number of hydrogen-bond acceptors (Lipinski definition) is 2. The van der Waals surface area contributed by atoms with Crippen LogP contribution in [0.2, 0.25) is 10.0 Å². The summed E-state index contributed by atoms with van der Waals surface area (Å²) in [7, 11) is 0. The van der Waals surface area contributed by atoms with Gasteiger partial charge < -0.3 is 5.32 Å². The Morgan fingerprint density at radius 3 is 2.72 bits per heavy atom. The zero-order valence-electron chi connectivity index (χ0n) is 10.1. The minimum Gasteiger partial charge on any atom is -0.385 e. The maximum atomic E-state index is 6.26. The third-order valence-electron chi connectivity index (χ3n) is 3.21. The molecule has 1 aliphatic carbocycles. The highest BCUT2D eigenvalue weighted by Crippen LogP contribution is 2.42. The quantitative estimate of drug-likeness (QED) is 0.869. The van der Waals surface area contributed by atoms with Gasteiger partial charge in [0, 0.05) is 34.3 Å². The highest BCUT2D eigenvalue weighted by atomic mass is 35.5. The SMILES string of the molecule is CCNc1cc(C2CC2)nc2c(Cl)cc(Cl)cc12. The van der Waals surface area contributed by atoms with Gasteiger partial charge in [-0.15, -0.1) is 0 Å². The van der Waals surface area contributed by atoms with Crippen molar-refractivity contribution in [3.8, 4) is 0 Å². The van der Waals surface area contributed by atoms with E-state index in [0.717, 1.165) is 28.8 Å². The topological polar surface area (TPSA) is 24.9 Å². The van der Waals surface area contributed by atoms with Gasteiger partial charge in [-0.3, -0.25) is 4.98 Å². The first-order valence-corrected chi connectivity index (χ1v) is 6.98. The van der Waals surface area contributed by atoms with Crippen LogP contribution in [-0.4, -0.2) is 11.5 Å². The standard InChI is InChI=1S/C14H14Cl2N2/c1-2-17-13-7-12(8-3-4-8)18-14-10(13)5-9(15)6-11(14)16/h5-8H,2-4H2,1H3,(H,17,18). The molecule has 0 bridgehead atoms. The van der Waals surface area contributed by atoms with E-state index in [9.17, 15) is 0 Å². The van der Waals surface area contributed by atoms with Gasteiger partial charge in [0.1, 0.15) is 0 Å². The Morgan fingerprint density at radius 2 is 2.06 bits per heavy atom. The summed E-state index contributed by atoms with van der Waals surface area (Å²) in [5.74, 6) is 0.610. The Bertz CT molecular complexity index is 606. The van der Waals surface area contributed by atoms with Gasteiger partial charge in [-0.05, 0) is 38.0 Å². The number of aromatic nitrogens is 1. The fourth-order valence-corrected chi connectivity index (χ4v) is 2.73. The van der Waals surface area contributed by atoms with Crippen molar-refractivity contribution in [1.82, 2.24) is 4.98 Å². The highest BCUT2D eigenvalue weighted by Gasteiger charge is 2.26. The van der Waals surface area contributed by atoms with Crippen molar-refractivity contribution in [1.29, 1.82) is 0 Å². The van der Waals surface area contributed by atoms with Gasteiger partial charge >= 0.3 is 0 Å². The summed E-state index contributed by atoms with van der Waals surface area (Å²) in [5.41, 5.74) is 3.07. The minimum absolute atomic E-state index is 0.610. The summed E-state index contributed by atoms with van der Waals surface area (Å²) in [6.07, 6.45) is 2.46. The Balaban J connectivity index is 2.26. The van der Waals surface area contributed by atoms with E-state index in [2.05, 4.69) is 18.3 Å². The molecule has 1 saturated carbocycles. The second-order valence-corrected chi connectivity index (χ2v) is 5.53. The number of fused-ring (bicyclic) bond motifs is 1. The van der Waals surface area contributed by atoms with Crippen LogP contribution in [0.3, 0.4) is 0 Å². The summed E-state index contributed by atoms with van der Waals surface area (Å²) < 4.78 is 0. The molecule has 1 aliphatic rings. The molecule has 4 heteroatoms. The maximum Gasteiger partial charge on any atom is 0.0913 e. The monoisotopic (exact) mass is 280 g/mol. The van der Waals surface area contributed by atoms with Crippen LogP contribution in [0.15, 0.2) is 18.2 Å². The number of nitrogens with zero attached hydrogens (tertiary/aromatic N) is 1. The van der Waals surface area contributed by atoms with Crippen LogP contribution in [-0.2, 0) is 0 Å². The molecule has 1 N–H and O–H groups in total. The molecular weight excluding hydrogens is 267 g/mol. The van der Waals surface area contributed by atoms with E-state index in [1.807, 2.05) is 6.07 Å². The van der Waals surface area contributed by atoms with Crippen LogP contribution in [0.4, 0.5) is 5.69 Å². The summed E-state index contributed by atoms with van der Waals surface area (Å²) in [4.78, 5) is 4.69. The lowest BCUT2D eigenvalue weighted by Crippen LogP contribution is -2.00. The van der Waals surface area contributed by atoms with Gasteiger partial charge in [-0.2, -0.15) is 0 Å². The third-order valence-corrected chi connectivity index (χ3v) is 3.72. The minimum atomic E-state index is 0.610. The van der Waals surface area contributed by atoms with E-state index < -0.39 is 0 Å². The van der Waals surface area contributed by atoms with Crippen LogP contribution in [0.25, 0.3) is 10.9 Å². The van der Waals surface area contributed by atoms with Crippen molar-refractivity contribution in [2.45, 2.75) is 25.7 Å². The van der Waals surface area contributed by atoms with E-state index in [1.165, 1.54) is 12.8 Å². The van der Waals surface area contributed by atoms with Gasteiger partial charge in [0.2, 0.25) is 0 Å². The first kappa shape index (κ1) is 12.1. The zero-order chi connectivity index (χ0) is 12.7. The fourth-order valence-electron chi connectivity index (χ4n) is 2.20. The molecule has 0 saturated heterocycles. The Kier molecular flexibility index (Phi) is 3.08. The van der Waals surface area contributed by atoms with E-state index in [-0.39, 0.29) is 0 Å². The van der Waals surface area contributed by atoms with Crippen LogP contribution < -0.4 is 5.32 Å². The predicted octanol–water partition coefficient (Wildman–Crippen LogP) is 4.85. The molecule has 0 radical (unpaired) electrons. The molecule has 2 nitrogen and oxygen atoms in total. The number of hydrogen-bond donors (Lipinski definition) is 1. The van der Waals surface area contributed by atoms with Crippen molar-refractivity contribution in [2.24, 2.45) is 0 Å². The molecule has 0 spiro atoms. The van der Waals surface area contributed by atoms with Crippen LogP contribution in [0, 0.1) is 0 Å². The molecule has 1 aromatic carbocycles. The fraction of sp³-hybridized carbons (Fsp3) is 0.357. The number of benzene rings is 1. The summed E-state index contributed by atoms with van der Waals surface area (Å²) in [5, 5.41) is 5.64. The maximum absolute atomic E-state index is 6.26. The predicted molar refractivity (Wildman–Crippen MR) is 77.9 cm³/mol. The molecule has 94 valence electrons. The second kappa shape index (κ2) is 4.60. The third kappa shape index (κ3) is 2.15. The Morgan fingerprint density at radius 1 is 1.28 bits per heavy atom. The van der Waals surface area contributed by atoms with Crippen molar-refractivity contribution in [2.75, 3.05) is 11.9 Å². The molecular formula is C14H14Cl2N2.